The van der Waals surface area contributed by atoms with Gasteiger partial charge in [-0.05, 0) is 24.3 Å². The van der Waals surface area contributed by atoms with Gasteiger partial charge in [-0.25, -0.2) is 4.98 Å². The van der Waals surface area contributed by atoms with Crippen molar-refractivity contribution in [1.29, 1.82) is 0 Å². The Labute approximate surface area is 160 Å². The van der Waals surface area contributed by atoms with Crippen LogP contribution in [0.2, 0.25) is 0 Å². The molecule has 0 atom stereocenters. The molecule has 4 heterocycles. The zero-order valence-electron chi connectivity index (χ0n) is 14.9. The third-order valence-corrected chi connectivity index (χ3v) is 5.19. The van der Waals surface area contributed by atoms with Gasteiger partial charge in [0.25, 0.3) is 0 Å². The third-order valence-electron chi connectivity index (χ3n) is 5.19. The molecule has 130 valence electrons. The Bertz CT molecular complexity index is 1520. The van der Waals surface area contributed by atoms with Gasteiger partial charge in [-0.2, -0.15) is 0 Å². The lowest BCUT2D eigenvalue weighted by Crippen LogP contribution is -1.91. The fourth-order valence-electron chi connectivity index (χ4n) is 3.85. The van der Waals surface area contributed by atoms with Crippen LogP contribution in [0.3, 0.4) is 0 Å². The predicted molar refractivity (Wildman–Crippen MR) is 113 cm³/mol. The van der Waals surface area contributed by atoms with Crippen LogP contribution in [-0.2, 0) is 0 Å². The van der Waals surface area contributed by atoms with Gasteiger partial charge in [0.2, 0.25) is 0 Å². The van der Waals surface area contributed by atoms with Gasteiger partial charge in [0.05, 0.1) is 27.8 Å². The van der Waals surface area contributed by atoms with Crippen molar-refractivity contribution in [3.8, 4) is 11.3 Å². The molecule has 0 aliphatic heterocycles. The maximum absolute atomic E-state index is 4.99. The lowest BCUT2D eigenvalue weighted by Gasteiger charge is -2.09. The van der Waals surface area contributed by atoms with E-state index in [-0.39, 0.29) is 0 Å². The summed E-state index contributed by atoms with van der Waals surface area (Å²) in [5, 5.41) is 4.31. The highest BCUT2D eigenvalue weighted by Crippen LogP contribution is 2.32. The van der Waals surface area contributed by atoms with Gasteiger partial charge >= 0.3 is 0 Å². The van der Waals surface area contributed by atoms with Crippen LogP contribution >= 0.6 is 0 Å². The molecule has 0 saturated heterocycles. The van der Waals surface area contributed by atoms with E-state index in [0.29, 0.717) is 0 Å². The number of aromatic nitrogens is 4. The minimum absolute atomic E-state index is 0.897. The van der Waals surface area contributed by atoms with E-state index >= 15 is 0 Å². The van der Waals surface area contributed by atoms with E-state index in [9.17, 15) is 0 Å². The van der Waals surface area contributed by atoms with Crippen molar-refractivity contribution in [2.45, 2.75) is 0 Å². The molecule has 0 aliphatic rings. The van der Waals surface area contributed by atoms with E-state index in [0.717, 1.165) is 54.9 Å². The molecule has 0 fully saturated rings. The van der Waals surface area contributed by atoms with Crippen molar-refractivity contribution in [3.63, 3.8) is 0 Å². The Kier molecular flexibility index (Phi) is 3.14. The second-order valence-corrected chi connectivity index (χ2v) is 6.80. The van der Waals surface area contributed by atoms with E-state index in [1.165, 1.54) is 0 Å². The van der Waals surface area contributed by atoms with Crippen LogP contribution in [0.1, 0.15) is 0 Å². The van der Waals surface area contributed by atoms with E-state index in [1.807, 2.05) is 36.8 Å². The smallest absolute Gasteiger partial charge is 0.0972 e. The minimum atomic E-state index is 0.897. The highest BCUT2D eigenvalue weighted by molar-refractivity contribution is 6.08. The van der Waals surface area contributed by atoms with Gasteiger partial charge in [-0.1, -0.05) is 42.5 Å². The molecule has 6 rings (SSSR count). The molecule has 0 aliphatic carbocycles. The van der Waals surface area contributed by atoms with Gasteiger partial charge in [-0.15, -0.1) is 0 Å². The summed E-state index contributed by atoms with van der Waals surface area (Å²) < 4.78 is 0. The highest BCUT2D eigenvalue weighted by atomic mass is 14.8. The molecule has 0 amide bonds. The molecule has 0 N–H and O–H groups in total. The number of nitrogens with zero attached hydrogens (tertiary/aromatic N) is 4. The zero-order valence-corrected chi connectivity index (χ0v) is 14.9. The maximum Gasteiger partial charge on any atom is 0.0972 e. The van der Waals surface area contributed by atoms with Gasteiger partial charge in [0.15, 0.2) is 0 Å². The summed E-state index contributed by atoms with van der Waals surface area (Å²) in [7, 11) is 0. The number of rotatable bonds is 1. The van der Waals surface area contributed by atoms with E-state index < -0.39 is 0 Å². The van der Waals surface area contributed by atoms with Crippen molar-refractivity contribution < 1.29 is 0 Å². The number of fused-ring (bicyclic) bond motifs is 6. The Morgan fingerprint density at radius 3 is 1.86 bits per heavy atom. The number of benzene rings is 2. The fraction of sp³-hybridized carbons (Fsp3) is 0. The largest absolute Gasteiger partial charge is 0.254 e. The summed E-state index contributed by atoms with van der Waals surface area (Å²) >= 11 is 0. The molecule has 4 heteroatoms. The lowest BCUT2D eigenvalue weighted by atomic mass is 10.0. The molecule has 2 aromatic carbocycles. The highest BCUT2D eigenvalue weighted by Gasteiger charge is 2.11. The van der Waals surface area contributed by atoms with E-state index in [2.05, 4.69) is 63.5 Å². The number of pyridine rings is 4. The van der Waals surface area contributed by atoms with Crippen molar-refractivity contribution in [3.05, 3.63) is 85.3 Å². The van der Waals surface area contributed by atoms with Gasteiger partial charge in [0, 0.05) is 45.7 Å². The van der Waals surface area contributed by atoms with Crippen LogP contribution < -0.4 is 0 Å². The standard InChI is InChI=1S/C24H14N4/c1-3-15-5-6-17-8-10-20(28-23(17)21(15)25-12-1)18-11-14-27-24-19(18)9-7-16-4-2-13-26-22(16)24/h1-14H. The molecule has 28 heavy (non-hydrogen) atoms. The normalized spacial score (nSPS) is 11.6. The molecule has 0 radical (unpaired) electrons. The molecule has 0 spiro atoms. The van der Waals surface area contributed by atoms with Crippen molar-refractivity contribution in [2.75, 3.05) is 0 Å². The monoisotopic (exact) mass is 358 g/mol. The molecule has 4 aromatic heterocycles. The number of hydrogen-bond acceptors (Lipinski definition) is 4. The molecule has 6 aromatic rings. The topological polar surface area (TPSA) is 51.6 Å². The van der Waals surface area contributed by atoms with E-state index in [1.54, 1.807) is 0 Å². The van der Waals surface area contributed by atoms with Gasteiger partial charge in [0.1, 0.15) is 0 Å². The molecular formula is C24H14N4. The summed E-state index contributed by atoms with van der Waals surface area (Å²) in [6, 6.07) is 22.6. The van der Waals surface area contributed by atoms with Crippen molar-refractivity contribution in [2.24, 2.45) is 0 Å². The van der Waals surface area contributed by atoms with Crippen LogP contribution in [0.5, 0.6) is 0 Å². The number of hydrogen-bond donors (Lipinski definition) is 0. The fourth-order valence-corrected chi connectivity index (χ4v) is 3.85. The summed E-state index contributed by atoms with van der Waals surface area (Å²) in [6.45, 7) is 0. The Morgan fingerprint density at radius 2 is 1.07 bits per heavy atom. The summed E-state index contributed by atoms with van der Waals surface area (Å²) in [6.07, 6.45) is 5.46. The van der Waals surface area contributed by atoms with E-state index in [4.69, 9.17) is 4.98 Å². The minimum Gasteiger partial charge on any atom is -0.254 e. The second-order valence-electron chi connectivity index (χ2n) is 6.80. The second kappa shape index (κ2) is 5.79. The zero-order chi connectivity index (χ0) is 18.5. The molecule has 4 nitrogen and oxygen atoms in total. The average molecular weight is 358 g/mol. The predicted octanol–water partition coefficient (Wildman–Crippen LogP) is 5.55. The third kappa shape index (κ3) is 2.18. The van der Waals surface area contributed by atoms with Gasteiger partial charge < -0.3 is 0 Å². The quantitative estimate of drug-likeness (QED) is 0.362. The average Bonchev–Trinajstić information content (AvgIpc) is 2.78. The Balaban J connectivity index is 1.68. The first kappa shape index (κ1) is 15.2. The summed E-state index contributed by atoms with van der Waals surface area (Å²) in [5.41, 5.74) is 5.61. The lowest BCUT2D eigenvalue weighted by molar-refractivity contribution is 1.35. The first-order valence-electron chi connectivity index (χ1n) is 9.16. The van der Waals surface area contributed by atoms with Crippen molar-refractivity contribution in [1.82, 2.24) is 19.9 Å². The SMILES string of the molecule is c1cnc2c(c1)ccc1ccc(-c3ccnc4c3ccc3cccnc34)nc12. The van der Waals surface area contributed by atoms with Crippen LogP contribution in [-0.4, -0.2) is 19.9 Å². The Hall–Kier alpha value is -3.92. The van der Waals surface area contributed by atoms with Crippen LogP contribution in [0.25, 0.3) is 54.9 Å². The summed E-state index contributed by atoms with van der Waals surface area (Å²) in [5.74, 6) is 0. The molecular weight excluding hydrogens is 344 g/mol. The summed E-state index contributed by atoms with van der Waals surface area (Å²) in [4.78, 5) is 18.7. The Morgan fingerprint density at radius 1 is 0.464 bits per heavy atom. The van der Waals surface area contributed by atoms with Gasteiger partial charge in [-0.3, -0.25) is 15.0 Å². The molecule has 0 bridgehead atoms. The molecule has 0 unspecified atom stereocenters. The molecule has 0 saturated carbocycles. The first-order valence-corrected chi connectivity index (χ1v) is 9.16. The first-order chi connectivity index (χ1) is 13.9. The van der Waals surface area contributed by atoms with Crippen LogP contribution in [0.4, 0.5) is 0 Å². The van der Waals surface area contributed by atoms with Crippen LogP contribution in [0.15, 0.2) is 85.3 Å². The maximum atomic E-state index is 4.99. The van der Waals surface area contributed by atoms with Crippen LogP contribution in [0, 0.1) is 0 Å². The van der Waals surface area contributed by atoms with Crippen molar-refractivity contribution >= 4 is 43.6 Å².